The van der Waals surface area contributed by atoms with Gasteiger partial charge in [-0.2, -0.15) is 4.98 Å². The second kappa shape index (κ2) is 11.8. The molecule has 2 amide bonds. The Bertz CT molecular complexity index is 1600. The van der Waals surface area contributed by atoms with Gasteiger partial charge in [-0.3, -0.25) is 9.69 Å². The van der Waals surface area contributed by atoms with Crippen LogP contribution in [0.1, 0.15) is 33.5 Å². The zero-order valence-corrected chi connectivity index (χ0v) is 22.6. The Balaban J connectivity index is 1.23. The van der Waals surface area contributed by atoms with Crippen molar-refractivity contribution in [3.05, 3.63) is 113 Å². The first kappa shape index (κ1) is 27.1. The molecule has 0 bridgehead atoms. The number of hydrogen-bond acceptors (Lipinski definition) is 6. The van der Waals surface area contributed by atoms with Crippen LogP contribution in [0, 0.1) is 5.82 Å². The molecule has 6 rings (SSSR count). The van der Waals surface area contributed by atoms with Crippen molar-refractivity contribution >= 4 is 17.7 Å². The topological polar surface area (TPSA) is 101 Å². The van der Waals surface area contributed by atoms with Crippen LogP contribution in [0.15, 0.2) is 84.9 Å². The minimum atomic E-state index is -1.04. The standard InChI is InChI=1S/C32H28FN3O6/c33-26-16-25-23(15-28(26)42-24-13-14-35(18-24)32(38)39)17-36(31(25)37)27-11-12-29(40-19-21-7-3-1-4-8-21)34-30(27)41-20-22-9-5-2-6-10-22/h1-12,15-16,24H,13-14,17-20H2,(H,38,39). The summed E-state index contributed by atoms with van der Waals surface area (Å²) in [6.07, 6.45) is -1.04. The van der Waals surface area contributed by atoms with Crippen LogP contribution in [0.4, 0.5) is 14.9 Å². The molecule has 1 N–H and O–H groups in total. The van der Waals surface area contributed by atoms with Crippen molar-refractivity contribution < 1.29 is 33.3 Å². The molecule has 1 aromatic heterocycles. The van der Waals surface area contributed by atoms with Gasteiger partial charge in [-0.1, -0.05) is 60.7 Å². The first-order chi connectivity index (χ1) is 20.4. The Hall–Kier alpha value is -5.12. The molecule has 1 saturated heterocycles. The number of ether oxygens (including phenoxy) is 3. The fraction of sp³-hybridized carbons (Fsp3) is 0.219. The van der Waals surface area contributed by atoms with Gasteiger partial charge in [0, 0.05) is 24.6 Å². The van der Waals surface area contributed by atoms with Gasteiger partial charge in [0.25, 0.3) is 5.91 Å². The van der Waals surface area contributed by atoms with Crippen LogP contribution in [-0.2, 0) is 19.8 Å². The quantitative estimate of drug-likeness (QED) is 0.277. The third kappa shape index (κ3) is 5.83. The largest absolute Gasteiger partial charge is 0.485 e. The van der Waals surface area contributed by atoms with Gasteiger partial charge < -0.3 is 24.2 Å². The number of carbonyl (C=O) groups excluding carboxylic acids is 1. The maximum atomic E-state index is 15.0. The molecule has 1 unspecified atom stereocenters. The average molecular weight is 570 g/mol. The second-order valence-electron chi connectivity index (χ2n) is 10.1. The number of nitrogens with zero attached hydrogens (tertiary/aromatic N) is 3. The van der Waals surface area contributed by atoms with Gasteiger partial charge in [-0.05, 0) is 34.9 Å². The predicted molar refractivity (Wildman–Crippen MR) is 151 cm³/mol. The maximum Gasteiger partial charge on any atom is 0.407 e. The fourth-order valence-electron chi connectivity index (χ4n) is 5.04. The smallest absolute Gasteiger partial charge is 0.407 e. The molecule has 10 heteroatoms. The highest BCUT2D eigenvalue weighted by Gasteiger charge is 2.34. The Morgan fingerprint density at radius 3 is 2.31 bits per heavy atom. The molecule has 3 aromatic carbocycles. The summed E-state index contributed by atoms with van der Waals surface area (Å²) in [7, 11) is 0. The molecule has 0 spiro atoms. The summed E-state index contributed by atoms with van der Waals surface area (Å²) in [4.78, 5) is 32.0. The molecule has 0 radical (unpaired) electrons. The first-order valence-corrected chi connectivity index (χ1v) is 13.6. The number of hydrogen-bond donors (Lipinski definition) is 1. The summed E-state index contributed by atoms with van der Waals surface area (Å²) in [6.45, 7) is 1.17. The average Bonchev–Trinajstić information content (AvgIpc) is 3.61. The van der Waals surface area contributed by atoms with E-state index in [0.717, 1.165) is 11.1 Å². The normalized spacial score (nSPS) is 15.9. The minimum Gasteiger partial charge on any atom is -0.485 e. The number of amides is 2. The number of halogens is 1. The number of fused-ring (bicyclic) bond motifs is 1. The molecule has 214 valence electrons. The van der Waals surface area contributed by atoms with E-state index >= 15 is 4.39 Å². The highest BCUT2D eigenvalue weighted by molar-refractivity contribution is 6.10. The zero-order valence-electron chi connectivity index (χ0n) is 22.6. The monoisotopic (exact) mass is 569 g/mol. The second-order valence-corrected chi connectivity index (χ2v) is 10.1. The molecule has 1 fully saturated rings. The van der Waals surface area contributed by atoms with Gasteiger partial charge in [0.05, 0.1) is 13.1 Å². The van der Waals surface area contributed by atoms with Crippen LogP contribution in [0.5, 0.6) is 17.5 Å². The van der Waals surface area contributed by atoms with Crippen LogP contribution >= 0.6 is 0 Å². The van der Waals surface area contributed by atoms with Gasteiger partial charge in [0.2, 0.25) is 11.8 Å². The molecular weight excluding hydrogens is 541 g/mol. The zero-order chi connectivity index (χ0) is 29.1. The van der Waals surface area contributed by atoms with Crippen LogP contribution in [-0.4, -0.2) is 46.2 Å². The molecule has 1 atom stereocenters. The Labute approximate surface area is 241 Å². The summed E-state index contributed by atoms with van der Waals surface area (Å²) in [6, 6.07) is 25.4. The van der Waals surface area contributed by atoms with Crippen LogP contribution in [0.2, 0.25) is 0 Å². The predicted octanol–water partition coefficient (Wildman–Crippen LogP) is 5.67. The van der Waals surface area contributed by atoms with Crippen molar-refractivity contribution in [2.75, 3.05) is 18.0 Å². The van der Waals surface area contributed by atoms with Crippen LogP contribution in [0.3, 0.4) is 0 Å². The lowest BCUT2D eigenvalue weighted by atomic mass is 10.1. The fourth-order valence-corrected chi connectivity index (χ4v) is 5.04. The summed E-state index contributed by atoms with van der Waals surface area (Å²) in [5.74, 6) is -0.534. The Kier molecular flexibility index (Phi) is 7.59. The third-order valence-corrected chi connectivity index (χ3v) is 7.22. The number of carbonyl (C=O) groups is 2. The van der Waals surface area contributed by atoms with Crippen molar-refractivity contribution in [3.8, 4) is 17.5 Å². The lowest BCUT2D eigenvalue weighted by molar-refractivity contribution is 0.0994. The summed E-state index contributed by atoms with van der Waals surface area (Å²) < 4.78 is 32.9. The van der Waals surface area contributed by atoms with Crippen molar-refractivity contribution in [3.63, 3.8) is 0 Å². The molecular formula is C32H28FN3O6. The van der Waals surface area contributed by atoms with Crippen molar-refractivity contribution in [1.29, 1.82) is 0 Å². The van der Waals surface area contributed by atoms with E-state index < -0.39 is 23.9 Å². The molecule has 0 saturated carbocycles. The number of likely N-dealkylation sites (tertiary alicyclic amines) is 1. The molecule has 3 heterocycles. The van der Waals surface area contributed by atoms with Crippen molar-refractivity contribution in [2.45, 2.75) is 32.3 Å². The van der Waals surface area contributed by atoms with E-state index in [1.54, 1.807) is 12.1 Å². The molecule has 42 heavy (non-hydrogen) atoms. The van der Waals surface area contributed by atoms with Crippen molar-refractivity contribution in [2.24, 2.45) is 0 Å². The minimum absolute atomic E-state index is 0.0102. The lowest BCUT2D eigenvalue weighted by Crippen LogP contribution is -2.29. The van der Waals surface area contributed by atoms with E-state index in [-0.39, 0.29) is 36.9 Å². The highest BCUT2D eigenvalue weighted by atomic mass is 19.1. The van der Waals surface area contributed by atoms with E-state index in [2.05, 4.69) is 4.98 Å². The van der Waals surface area contributed by atoms with E-state index in [0.29, 0.717) is 36.7 Å². The Morgan fingerprint density at radius 1 is 0.952 bits per heavy atom. The highest BCUT2D eigenvalue weighted by Crippen LogP contribution is 2.38. The van der Waals surface area contributed by atoms with Gasteiger partial charge in [-0.15, -0.1) is 0 Å². The van der Waals surface area contributed by atoms with E-state index in [4.69, 9.17) is 14.2 Å². The molecule has 4 aromatic rings. The number of aromatic nitrogens is 1. The number of benzene rings is 3. The Morgan fingerprint density at radius 2 is 1.64 bits per heavy atom. The molecule has 2 aliphatic heterocycles. The number of pyridine rings is 1. The van der Waals surface area contributed by atoms with Gasteiger partial charge in [0.1, 0.15) is 25.0 Å². The summed E-state index contributed by atoms with van der Waals surface area (Å²) in [5, 5.41) is 9.20. The van der Waals surface area contributed by atoms with Gasteiger partial charge in [0.15, 0.2) is 11.6 Å². The number of anilines is 1. The number of carboxylic acid groups (broad SMARTS) is 1. The van der Waals surface area contributed by atoms with Crippen LogP contribution < -0.4 is 19.1 Å². The van der Waals surface area contributed by atoms with Gasteiger partial charge in [-0.25, -0.2) is 9.18 Å². The SMILES string of the molecule is O=C(O)N1CCC(Oc2cc3c(cc2F)C(=O)N(c2ccc(OCc4ccccc4)nc2OCc2ccccc2)C3)C1. The molecule has 2 aliphatic rings. The maximum absolute atomic E-state index is 15.0. The van der Waals surface area contributed by atoms with E-state index in [1.165, 1.54) is 21.9 Å². The van der Waals surface area contributed by atoms with Gasteiger partial charge >= 0.3 is 6.09 Å². The lowest BCUT2D eigenvalue weighted by Gasteiger charge is -2.20. The number of rotatable bonds is 9. The first-order valence-electron chi connectivity index (χ1n) is 13.6. The molecule has 9 nitrogen and oxygen atoms in total. The van der Waals surface area contributed by atoms with Crippen molar-refractivity contribution in [1.82, 2.24) is 9.88 Å². The van der Waals surface area contributed by atoms with E-state index in [9.17, 15) is 14.7 Å². The summed E-state index contributed by atoms with van der Waals surface area (Å²) >= 11 is 0. The third-order valence-electron chi connectivity index (χ3n) is 7.22. The molecule has 0 aliphatic carbocycles. The van der Waals surface area contributed by atoms with Crippen LogP contribution in [0.25, 0.3) is 0 Å². The van der Waals surface area contributed by atoms with E-state index in [1.807, 2.05) is 60.7 Å². The summed E-state index contributed by atoms with van der Waals surface area (Å²) in [5.41, 5.74) is 3.14.